The van der Waals surface area contributed by atoms with E-state index in [2.05, 4.69) is 15.4 Å². The number of aromatic amines is 1. The third-order valence-corrected chi connectivity index (χ3v) is 1.03. The number of nitrogens with zero attached hydrogens (tertiary/aromatic N) is 2. The van der Waals surface area contributed by atoms with Crippen molar-refractivity contribution in [3.8, 4) is 0 Å². The number of rotatable bonds is 3. The van der Waals surface area contributed by atoms with Crippen LogP contribution in [0.25, 0.3) is 0 Å². The maximum absolute atomic E-state index is 5.26. The van der Waals surface area contributed by atoms with Crippen molar-refractivity contribution in [2.45, 2.75) is 40.4 Å². The van der Waals surface area contributed by atoms with E-state index in [1.165, 1.54) is 0 Å². The van der Waals surface area contributed by atoms with E-state index < -0.39 is 0 Å². The van der Waals surface area contributed by atoms with Crippen LogP contribution in [0.15, 0.2) is 6.20 Å². The Kier molecular flexibility index (Phi) is 6.28. The predicted molar refractivity (Wildman–Crippen MR) is 47.7 cm³/mol. The van der Waals surface area contributed by atoms with Crippen LogP contribution in [0.5, 0.6) is 0 Å². The standard InChI is InChI=1S/C6H11N3O.C2H6/c1-5(2)10-4-6-3-7-9-8-6;1-2/h3,5H,4H2,1-2H3,(H,7,8,9);1-2H3. The summed E-state index contributed by atoms with van der Waals surface area (Å²) in [6.45, 7) is 8.51. The summed E-state index contributed by atoms with van der Waals surface area (Å²) in [6, 6.07) is 0. The van der Waals surface area contributed by atoms with Gasteiger partial charge in [-0.15, -0.1) is 0 Å². The Morgan fingerprint density at radius 1 is 1.50 bits per heavy atom. The fourth-order valence-corrected chi connectivity index (χ4v) is 0.547. The van der Waals surface area contributed by atoms with E-state index >= 15 is 0 Å². The van der Waals surface area contributed by atoms with Gasteiger partial charge in [0.05, 0.1) is 18.9 Å². The van der Waals surface area contributed by atoms with Crippen molar-refractivity contribution in [2.24, 2.45) is 0 Å². The molecule has 0 bridgehead atoms. The van der Waals surface area contributed by atoms with Gasteiger partial charge in [-0.05, 0) is 13.8 Å². The molecule has 0 aliphatic rings. The summed E-state index contributed by atoms with van der Waals surface area (Å²) in [7, 11) is 0. The van der Waals surface area contributed by atoms with Gasteiger partial charge in [-0.25, -0.2) is 0 Å². The minimum absolute atomic E-state index is 0.247. The van der Waals surface area contributed by atoms with Gasteiger partial charge in [0.25, 0.3) is 0 Å². The smallest absolute Gasteiger partial charge is 0.108 e. The van der Waals surface area contributed by atoms with Crippen LogP contribution in [-0.2, 0) is 11.3 Å². The molecule has 0 fully saturated rings. The molecule has 1 aromatic heterocycles. The second-order valence-corrected chi connectivity index (χ2v) is 2.32. The first-order valence-electron chi connectivity index (χ1n) is 4.25. The van der Waals surface area contributed by atoms with Crippen molar-refractivity contribution in [2.75, 3.05) is 0 Å². The van der Waals surface area contributed by atoms with Crippen LogP contribution in [0.3, 0.4) is 0 Å². The fraction of sp³-hybridized carbons (Fsp3) is 0.750. The van der Waals surface area contributed by atoms with Gasteiger partial charge in [0.1, 0.15) is 5.69 Å². The molecule has 0 aromatic carbocycles. The Hall–Kier alpha value is -0.900. The van der Waals surface area contributed by atoms with Crippen LogP contribution in [0.2, 0.25) is 0 Å². The summed E-state index contributed by atoms with van der Waals surface area (Å²) in [4.78, 5) is 0. The van der Waals surface area contributed by atoms with E-state index in [4.69, 9.17) is 4.74 Å². The lowest BCUT2D eigenvalue weighted by atomic mass is 10.4. The molecule has 0 unspecified atom stereocenters. The highest BCUT2D eigenvalue weighted by Gasteiger charge is 1.96. The molecule has 1 aromatic rings. The number of aromatic nitrogens is 3. The monoisotopic (exact) mass is 171 g/mol. The predicted octanol–water partition coefficient (Wildman–Crippen LogP) is 1.76. The SMILES string of the molecule is CC.CC(C)OCc1cn[nH]n1. The van der Waals surface area contributed by atoms with Crippen LogP contribution in [0, 0.1) is 0 Å². The van der Waals surface area contributed by atoms with Crippen molar-refractivity contribution in [3.05, 3.63) is 11.9 Å². The largest absolute Gasteiger partial charge is 0.372 e. The quantitative estimate of drug-likeness (QED) is 0.753. The second kappa shape index (κ2) is 6.79. The lowest BCUT2D eigenvalue weighted by molar-refractivity contribution is 0.0635. The molecule has 0 spiro atoms. The van der Waals surface area contributed by atoms with Crippen LogP contribution in [-0.4, -0.2) is 21.5 Å². The van der Waals surface area contributed by atoms with Gasteiger partial charge in [-0.3, -0.25) is 0 Å². The fourth-order valence-electron chi connectivity index (χ4n) is 0.547. The van der Waals surface area contributed by atoms with Crippen LogP contribution < -0.4 is 0 Å². The Balaban J connectivity index is 0.000000561. The lowest BCUT2D eigenvalue weighted by Crippen LogP contribution is -2.02. The molecular formula is C8H17N3O. The molecule has 1 heterocycles. The third-order valence-electron chi connectivity index (χ3n) is 1.03. The van der Waals surface area contributed by atoms with Crippen LogP contribution in [0.4, 0.5) is 0 Å². The van der Waals surface area contributed by atoms with E-state index in [-0.39, 0.29) is 6.10 Å². The minimum atomic E-state index is 0.247. The van der Waals surface area contributed by atoms with Gasteiger partial charge >= 0.3 is 0 Å². The molecule has 1 N–H and O–H groups in total. The van der Waals surface area contributed by atoms with E-state index in [1.807, 2.05) is 27.7 Å². The number of hydrogen-bond donors (Lipinski definition) is 1. The molecule has 0 aliphatic carbocycles. The first-order chi connectivity index (χ1) is 5.79. The summed E-state index contributed by atoms with van der Waals surface area (Å²) in [5, 5.41) is 9.98. The van der Waals surface area contributed by atoms with E-state index in [1.54, 1.807) is 6.20 Å². The number of H-pyrrole nitrogens is 1. The Labute approximate surface area is 73.3 Å². The average Bonchev–Trinajstić information content (AvgIpc) is 2.56. The zero-order chi connectivity index (χ0) is 9.40. The number of nitrogens with one attached hydrogen (secondary N) is 1. The summed E-state index contributed by atoms with van der Waals surface area (Å²) < 4.78 is 5.26. The lowest BCUT2D eigenvalue weighted by Gasteiger charge is -2.03. The van der Waals surface area contributed by atoms with Gasteiger partial charge in [0, 0.05) is 0 Å². The normalized spacial score (nSPS) is 9.42. The minimum Gasteiger partial charge on any atom is -0.372 e. The third kappa shape index (κ3) is 4.85. The average molecular weight is 171 g/mol. The van der Waals surface area contributed by atoms with E-state index in [9.17, 15) is 0 Å². The topological polar surface area (TPSA) is 50.8 Å². The zero-order valence-electron chi connectivity index (χ0n) is 8.16. The van der Waals surface area contributed by atoms with Crippen molar-refractivity contribution in [1.82, 2.24) is 15.4 Å². The summed E-state index contributed by atoms with van der Waals surface area (Å²) in [6.07, 6.45) is 1.90. The molecule has 4 heteroatoms. The Bertz CT molecular complexity index is 172. The van der Waals surface area contributed by atoms with Gasteiger partial charge < -0.3 is 4.74 Å². The highest BCUT2D eigenvalue weighted by atomic mass is 16.5. The first kappa shape index (κ1) is 11.1. The summed E-state index contributed by atoms with van der Waals surface area (Å²) in [5.41, 5.74) is 0.841. The molecule has 0 amide bonds. The molecule has 0 saturated carbocycles. The first-order valence-corrected chi connectivity index (χ1v) is 4.25. The molecule has 4 nitrogen and oxygen atoms in total. The molecule has 0 saturated heterocycles. The molecule has 70 valence electrons. The van der Waals surface area contributed by atoms with Gasteiger partial charge in [-0.2, -0.15) is 15.4 Å². The van der Waals surface area contributed by atoms with E-state index in [0.29, 0.717) is 6.61 Å². The highest BCUT2D eigenvalue weighted by molar-refractivity contribution is 4.86. The van der Waals surface area contributed by atoms with E-state index in [0.717, 1.165) is 5.69 Å². The molecule has 0 aliphatic heterocycles. The Morgan fingerprint density at radius 3 is 2.58 bits per heavy atom. The van der Waals surface area contributed by atoms with Crippen LogP contribution >= 0.6 is 0 Å². The van der Waals surface area contributed by atoms with Crippen molar-refractivity contribution in [1.29, 1.82) is 0 Å². The summed E-state index contributed by atoms with van der Waals surface area (Å²) in [5.74, 6) is 0. The van der Waals surface area contributed by atoms with Gasteiger partial charge in [0.15, 0.2) is 0 Å². The molecule has 0 atom stereocenters. The second-order valence-electron chi connectivity index (χ2n) is 2.32. The molecule has 1 rings (SSSR count). The van der Waals surface area contributed by atoms with Gasteiger partial charge in [0.2, 0.25) is 0 Å². The molecule has 0 radical (unpaired) electrons. The van der Waals surface area contributed by atoms with Crippen molar-refractivity contribution in [3.63, 3.8) is 0 Å². The maximum atomic E-state index is 5.26. The Morgan fingerprint density at radius 2 is 2.17 bits per heavy atom. The number of hydrogen-bond acceptors (Lipinski definition) is 3. The van der Waals surface area contributed by atoms with Gasteiger partial charge in [-0.1, -0.05) is 13.8 Å². The van der Waals surface area contributed by atoms with Crippen molar-refractivity contribution < 1.29 is 4.74 Å². The van der Waals surface area contributed by atoms with Crippen LogP contribution in [0.1, 0.15) is 33.4 Å². The highest BCUT2D eigenvalue weighted by Crippen LogP contribution is 1.95. The number of ether oxygens (including phenoxy) is 1. The maximum Gasteiger partial charge on any atom is 0.108 e. The molecular weight excluding hydrogens is 154 g/mol. The summed E-state index contributed by atoms with van der Waals surface area (Å²) >= 11 is 0. The zero-order valence-corrected chi connectivity index (χ0v) is 8.16. The van der Waals surface area contributed by atoms with Crippen molar-refractivity contribution >= 4 is 0 Å². The molecule has 12 heavy (non-hydrogen) atoms.